The average molecular weight is 358 g/mol. The summed E-state index contributed by atoms with van der Waals surface area (Å²) in [5.41, 5.74) is 2.41. The van der Waals surface area contributed by atoms with Gasteiger partial charge in [-0.15, -0.1) is 0 Å². The average Bonchev–Trinajstić information content (AvgIpc) is 2.73. The van der Waals surface area contributed by atoms with E-state index in [1.807, 2.05) is 66.4 Å². The summed E-state index contributed by atoms with van der Waals surface area (Å²) in [6.07, 6.45) is 3.08. The van der Waals surface area contributed by atoms with Gasteiger partial charge < -0.3 is 4.90 Å². The fourth-order valence-corrected chi connectivity index (χ4v) is 3.74. The Kier molecular flexibility index (Phi) is 4.71. The molecule has 1 aliphatic heterocycles. The monoisotopic (exact) mass is 358 g/mol. The van der Waals surface area contributed by atoms with E-state index in [-0.39, 0.29) is 17.6 Å². The summed E-state index contributed by atoms with van der Waals surface area (Å²) in [5.74, 6) is 0.121. The van der Waals surface area contributed by atoms with E-state index in [0.717, 1.165) is 21.9 Å². The van der Waals surface area contributed by atoms with Crippen LogP contribution in [-0.2, 0) is 0 Å². The topological polar surface area (TPSA) is 50.3 Å². The van der Waals surface area contributed by atoms with Gasteiger partial charge in [-0.1, -0.05) is 54.1 Å². The normalized spacial score (nSPS) is 15.1. The third-order valence-corrected chi connectivity index (χ3v) is 5.37. The molecular weight excluding hydrogens is 336 g/mol. The Hall–Kier alpha value is -3.01. The molecule has 0 saturated carbocycles. The first-order valence-corrected chi connectivity index (χ1v) is 9.37. The number of hydrogen-bond acceptors (Lipinski definition) is 3. The third kappa shape index (κ3) is 3.47. The van der Waals surface area contributed by atoms with Crippen molar-refractivity contribution >= 4 is 22.5 Å². The molecule has 1 amide bonds. The zero-order valence-electron chi connectivity index (χ0n) is 15.4. The smallest absolute Gasteiger partial charge is 0.273 e. The van der Waals surface area contributed by atoms with Gasteiger partial charge in [-0.25, -0.2) is 0 Å². The number of carbonyl (C=O) groups excluding carboxylic acids is 2. The summed E-state index contributed by atoms with van der Waals surface area (Å²) in [7, 11) is 0. The summed E-state index contributed by atoms with van der Waals surface area (Å²) in [6.45, 7) is 3.19. The summed E-state index contributed by atoms with van der Waals surface area (Å²) in [4.78, 5) is 31.9. The van der Waals surface area contributed by atoms with Gasteiger partial charge in [-0.3, -0.25) is 14.6 Å². The van der Waals surface area contributed by atoms with Crippen LogP contribution in [-0.4, -0.2) is 34.7 Å². The van der Waals surface area contributed by atoms with E-state index in [1.54, 1.807) is 6.20 Å². The standard InChI is InChI=1S/C23H22N2O2/c1-16-6-8-18(9-7-16)22(26)19-11-14-25(15-12-19)23(27)21-20-5-3-2-4-17(20)10-13-24-21/h2-10,13,19H,11-12,14-15H2,1H3. The molecule has 0 N–H and O–H groups in total. The van der Waals surface area contributed by atoms with Crippen LogP contribution in [0.15, 0.2) is 60.8 Å². The van der Waals surface area contributed by atoms with Crippen molar-refractivity contribution in [3.8, 4) is 0 Å². The van der Waals surface area contributed by atoms with Crippen LogP contribution in [0.25, 0.3) is 10.8 Å². The zero-order chi connectivity index (χ0) is 18.8. The maximum absolute atomic E-state index is 13.0. The molecule has 0 radical (unpaired) electrons. The van der Waals surface area contributed by atoms with Gasteiger partial charge in [0.05, 0.1) is 0 Å². The van der Waals surface area contributed by atoms with Gasteiger partial charge in [-0.2, -0.15) is 0 Å². The Morgan fingerprint density at radius 1 is 0.963 bits per heavy atom. The molecule has 2 aromatic carbocycles. The summed E-state index contributed by atoms with van der Waals surface area (Å²) in [5, 5.41) is 1.89. The number of rotatable bonds is 3. The Balaban J connectivity index is 1.46. The molecule has 1 aliphatic rings. The van der Waals surface area contributed by atoms with Crippen LogP contribution in [0.4, 0.5) is 0 Å². The Morgan fingerprint density at radius 2 is 1.67 bits per heavy atom. The molecule has 0 unspecified atom stereocenters. The second-order valence-corrected chi connectivity index (χ2v) is 7.18. The van der Waals surface area contributed by atoms with Gasteiger partial charge in [0.1, 0.15) is 5.69 Å². The molecule has 2 heterocycles. The molecular formula is C23H22N2O2. The lowest BCUT2D eigenvalue weighted by Crippen LogP contribution is -2.40. The second-order valence-electron chi connectivity index (χ2n) is 7.18. The number of benzene rings is 2. The number of carbonyl (C=O) groups is 2. The molecule has 0 spiro atoms. The summed E-state index contributed by atoms with van der Waals surface area (Å²) >= 11 is 0. The van der Waals surface area contributed by atoms with Gasteiger partial charge in [0.15, 0.2) is 5.78 Å². The van der Waals surface area contributed by atoms with Crippen molar-refractivity contribution < 1.29 is 9.59 Å². The molecule has 0 bridgehead atoms. The van der Waals surface area contributed by atoms with Crippen LogP contribution in [0.1, 0.15) is 39.3 Å². The lowest BCUT2D eigenvalue weighted by molar-refractivity contribution is 0.0647. The van der Waals surface area contributed by atoms with E-state index in [9.17, 15) is 9.59 Å². The quantitative estimate of drug-likeness (QED) is 0.657. The largest absolute Gasteiger partial charge is 0.337 e. The maximum atomic E-state index is 13.0. The first-order chi connectivity index (χ1) is 13.1. The highest BCUT2D eigenvalue weighted by Crippen LogP contribution is 2.24. The van der Waals surface area contributed by atoms with Crippen molar-refractivity contribution in [2.45, 2.75) is 19.8 Å². The molecule has 4 rings (SSSR count). The molecule has 1 fully saturated rings. The van der Waals surface area contributed by atoms with Gasteiger partial charge in [0.2, 0.25) is 0 Å². The predicted octanol–water partition coefficient (Wildman–Crippen LogP) is 4.28. The third-order valence-electron chi connectivity index (χ3n) is 5.37. The highest BCUT2D eigenvalue weighted by atomic mass is 16.2. The van der Waals surface area contributed by atoms with Crippen molar-refractivity contribution in [2.24, 2.45) is 5.92 Å². The number of piperidine rings is 1. The second kappa shape index (κ2) is 7.31. The lowest BCUT2D eigenvalue weighted by atomic mass is 9.88. The van der Waals surface area contributed by atoms with E-state index < -0.39 is 0 Å². The number of pyridine rings is 1. The molecule has 1 aromatic heterocycles. The van der Waals surface area contributed by atoms with E-state index in [4.69, 9.17) is 0 Å². The molecule has 27 heavy (non-hydrogen) atoms. The van der Waals surface area contributed by atoms with Gasteiger partial charge in [-0.05, 0) is 31.2 Å². The molecule has 4 heteroatoms. The van der Waals surface area contributed by atoms with E-state index >= 15 is 0 Å². The molecule has 1 saturated heterocycles. The van der Waals surface area contributed by atoms with E-state index in [2.05, 4.69) is 4.98 Å². The Morgan fingerprint density at radius 3 is 2.41 bits per heavy atom. The number of likely N-dealkylation sites (tertiary alicyclic amines) is 1. The molecule has 4 nitrogen and oxygen atoms in total. The van der Waals surface area contributed by atoms with Crippen LogP contribution < -0.4 is 0 Å². The van der Waals surface area contributed by atoms with Gasteiger partial charge in [0.25, 0.3) is 5.91 Å². The Bertz CT molecular complexity index is 981. The number of aryl methyl sites for hydroxylation is 1. The molecule has 3 aromatic rings. The fourth-order valence-electron chi connectivity index (χ4n) is 3.74. The summed E-state index contributed by atoms with van der Waals surface area (Å²) in [6, 6.07) is 17.5. The highest BCUT2D eigenvalue weighted by molar-refractivity contribution is 6.05. The first-order valence-electron chi connectivity index (χ1n) is 9.37. The maximum Gasteiger partial charge on any atom is 0.273 e. The predicted molar refractivity (Wildman–Crippen MR) is 106 cm³/mol. The Labute approximate surface area is 158 Å². The molecule has 0 atom stereocenters. The summed E-state index contributed by atoms with van der Waals surface area (Å²) < 4.78 is 0. The van der Waals surface area contributed by atoms with Crippen LogP contribution in [0, 0.1) is 12.8 Å². The van der Waals surface area contributed by atoms with Crippen molar-refractivity contribution in [1.82, 2.24) is 9.88 Å². The molecule has 136 valence electrons. The minimum Gasteiger partial charge on any atom is -0.337 e. The van der Waals surface area contributed by atoms with Gasteiger partial charge in [0, 0.05) is 36.2 Å². The van der Waals surface area contributed by atoms with Crippen molar-refractivity contribution in [1.29, 1.82) is 0 Å². The number of fused-ring (bicyclic) bond motifs is 1. The van der Waals surface area contributed by atoms with Crippen LogP contribution in [0.2, 0.25) is 0 Å². The number of amides is 1. The number of hydrogen-bond donors (Lipinski definition) is 0. The zero-order valence-corrected chi connectivity index (χ0v) is 15.4. The van der Waals surface area contributed by atoms with Crippen LogP contribution in [0.3, 0.4) is 0 Å². The van der Waals surface area contributed by atoms with Crippen molar-refractivity contribution in [3.05, 3.63) is 77.6 Å². The number of ketones is 1. The molecule has 0 aliphatic carbocycles. The SMILES string of the molecule is Cc1ccc(C(=O)C2CCN(C(=O)c3nccc4ccccc34)CC2)cc1. The van der Waals surface area contributed by atoms with Gasteiger partial charge >= 0.3 is 0 Å². The fraction of sp³-hybridized carbons (Fsp3) is 0.261. The number of aromatic nitrogens is 1. The van der Waals surface area contributed by atoms with E-state index in [0.29, 0.717) is 31.6 Å². The highest BCUT2D eigenvalue weighted by Gasteiger charge is 2.29. The van der Waals surface area contributed by atoms with Crippen molar-refractivity contribution in [2.75, 3.05) is 13.1 Å². The first kappa shape index (κ1) is 17.4. The van der Waals surface area contributed by atoms with Crippen molar-refractivity contribution in [3.63, 3.8) is 0 Å². The minimum atomic E-state index is -0.0481. The van der Waals surface area contributed by atoms with Crippen LogP contribution in [0.5, 0.6) is 0 Å². The number of Topliss-reactive ketones (excluding diaryl/α,β-unsaturated/α-hetero) is 1. The number of nitrogens with zero attached hydrogens (tertiary/aromatic N) is 2. The lowest BCUT2D eigenvalue weighted by Gasteiger charge is -2.31. The minimum absolute atomic E-state index is 0.0165. The van der Waals surface area contributed by atoms with E-state index in [1.165, 1.54) is 0 Å². The van der Waals surface area contributed by atoms with Crippen LogP contribution >= 0.6 is 0 Å².